The van der Waals surface area contributed by atoms with Crippen LogP contribution < -0.4 is 0 Å². The molecule has 0 fully saturated rings. The zero-order valence-corrected chi connectivity index (χ0v) is 23.3. The van der Waals surface area contributed by atoms with Crippen LogP contribution in [0.4, 0.5) is 0 Å². The molecule has 2 aromatic carbocycles. The van der Waals surface area contributed by atoms with Gasteiger partial charge in [0.05, 0.1) is 21.2 Å². The van der Waals surface area contributed by atoms with Crippen molar-refractivity contribution in [1.82, 2.24) is 4.31 Å². The predicted octanol–water partition coefficient (Wildman–Crippen LogP) is 5.18. The van der Waals surface area contributed by atoms with Gasteiger partial charge in [-0.15, -0.1) is 11.3 Å². The van der Waals surface area contributed by atoms with E-state index in [0.717, 1.165) is 5.56 Å². The maximum Gasteiger partial charge on any atom is 0.243 e. The lowest BCUT2D eigenvalue weighted by Crippen LogP contribution is -2.33. The summed E-state index contributed by atoms with van der Waals surface area (Å²) in [4.78, 5) is 0.373. The van der Waals surface area contributed by atoms with E-state index in [1.54, 1.807) is 56.3 Å². The molecule has 0 aromatic heterocycles. The number of benzene rings is 2. The molecule has 0 heterocycles. The quantitative estimate of drug-likeness (QED) is 0.276. The first-order chi connectivity index (χ1) is 15.7. The Morgan fingerprint density at radius 2 is 1.47 bits per heavy atom. The van der Waals surface area contributed by atoms with Gasteiger partial charge < -0.3 is 0 Å². The summed E-state index contributed by atoms with van der Waals surface area (Å²) in [5.41, 5.74) is 7.79. The van der Waals surface area contributed by atoms with Gasteiger partial charge in [-0.25, -0.2) is 16.8 Å². The Morgan fingerprint density at radius 3 is 2.00 bits per heavy atom. The van der Waals surface area contributed by atoms with Crippen molar-refractivity contribution >= 4 is 27.9 Å². The first kappa shape index (κ1) is 27.8. The third-order valence-corrected chi connectivity index (χ3v) is 9.37. The molecule has 2 rings (SSSR count). The van der Waals surface area contributed by atoms with Crippen molar-refractivity contribution < 1.29 is 16.8 Å². The van der Waals surface area contributed by atoms with E-state index in [1.165, 1.54) is 16.4 Å². The fraction of sp³-hybridized carbons (Fsp3) is 0.346. The van der Waals surface area contributed by atoms with Gasteiger partial charge in [0.2, 0.25) is 19.9 Å². The van der Waals surface area contributed by atoms with Crippen LogP contribution in [0.15, 0.2) is 80.6 Å². The standard InChI is InChI=1S/C26H33NO4S2Si/c1-22(2)21-26(32(28,29)24-11-8-7-9-12-24)17-19-27(18-10-20-34(4,5)6)33(30,31)25-15-13-23(3)14-16-25/h7-9,11-16H,17-19H2,1-6H3. The van der Waals surface area contributed by atoms with Crippen LogP contribution in [0.5, 0.6) is 0 Å². The molecule has 2 aromatic rings. The van der Waals surface area contributed by atoms with Gasteiger partial charge in [-0.2, -0.15) is 4.31 Å². The van der Waals surface area contributed by atoms with Gasteiger partial charge in [0, 0.05) is 13.0 Å². The smallest absolute Gasteiger partial charge is 0.218 e. The molecule has 5 nitrogen and oxygen atoms in total. The second-order valence-corrected chi connectivity index (χ2v) is 18.0. The summed E-state index contributed by atoms with van der Waals surface area (Å²) in [6.07, 6.45) is -0.0118. The van der Waals surface area contributed by atoms with Gasteiger partial charge >= 0.3 is 0 Å². The minimum atomic E-state index is -3.87. The molecule has 0 aliphatic heterocycles. The number of hydrogen-bond donors (Lipinski definition) is 0. The van der Waals surface area contributed by atoms with E-state index in [9.17, 15) is 16.8 Å². The molecule has 0 aliphatic rings. The van der Waals surface area contributed by atoms with Crippen LogP contribution in [-0.4, -0.2) is 42.3 Å². The topological polar surface area (TPSA) is 71.5 Å². The van der Waals surface area contributed by atoms with Gasteiger partial charge in [0.15, 0.2) is 0 Å². The van der Waals surface area contributed by atoms with E-state index in [0.29, 0.717) is 5.57 Å². The number of nitrogens with zero attached hydrogens (tertiary/aromatic N) is 1. The summed E-state index contributed by atoms with van der Waals surface area (Å²) < 4.78 is 54.7. The number of rotatable bonds is 8. The van der Waals surface area contributed by atoms with Crippen LogP contribution in [0.1, 0.15) is 25.8 Å². The van der Waals surface area contributed by atoms with Crippen molar-refractivity contribution in [3.05, 3.63) is 76.4 Å². The zero-order chi connectivity index (χ0) is 25.6. The molecule has 0 unspecified atom stereocenters. The Morgan fingerprint density at radius 1 is 0.882 bits per heavy atom. The molecule has 8 heteroatoms. The summed E-state index contributed by atoms with van der Waals surface area (Å²) >= 11 is 0. The lowest BCUT2D eigenvalue weighted by Gasteiger charge is -2.21. The highest BCUT2D eigenvalue weighted by Gasteiger charge is 2.27. The number of sulfonamides is 1. The second-order valence-electron chi connectivity index (χ2n) is 9.32. The molecule has 0 spiro atoms. The monoisotopic (exact) mass is 515 g/mol. The molecule has 182 valence electrons. The molecule has 0 aliphatic carbocycles. The number of aryl methyl sites for hydroxylation is 1. The molecule has 0 N–H and O–H groups in total. The molecule has 0 saturated carbocycles. The maximum atomic E-state index is 13.4. The first-order valence-electron chi connectivity index (χ1n) is 11.0. The molecule has 0 bridgehead atoms. The number of hydrogen-bond acceptors (Lipinski definition) is 4. The number of sulfone groups is 1. The fourth-order valence-electron chi connectivity index (χ4n) is 3.05. The lowest BCUT2D eigenvalue weighted by atomic mass is 10.2. The highest BCUT2D eigenvalue weighted by molar-refractivity contribution is 7.95. The molecule has 0 radical (unpaired) electrons. The lowest BCUT2D eigenvalue weighted by molar-refractivity contribution is 0.450. The second kappa shape index (κ2) is 11.3. The van der Waals surface area contributed by atoms with Crippen molar-refractivity contribution in [2.75, 3.05) is 13.1 Å². The Kier molecular flexibility index (Phi) is 9.29. The third-order valence-electron chi connectivity index (χ3n) is 4.73. The average molecular weight is 516 g/mol. The first-order valence-corrected chi connectivity index (χ1v) is 17.5. The van der Waals surface area contributed by atoms with Crippen molar-refractivity contribution in [2.45, 2.75) is 56.6 Å². The van der Waals surface area contributed by atoms with Gasteiger partial charge in [-0.1, -0.05) is 61.5 Å². The van der Waals surface area contributed by atoms with Crippen LogP contribution in [0.2, 0.25) is 19.6 Å². The molecular formula is C26H33NO4S2Si. The summed E-state index contributed by atoms with van der Waals surface area (Å²) in [7, 11) is -9.39. The zero-order valence-electron chi connectivity index (χ0n) is 20.7. The Hall–Kier alpha value is -2.40. The Balaban J connectivity index is 2.47. The summed E-state index contributed by atoms with van der Waals surface area (Å²) in [5.74, 6) is 3.02. The van der Waals surface area contributed by atoms with Crippen molar-refractivity contribution in [2.24, 2.45) is 0 Å². The fourth-order valence-corrected chi connectivity index (χ4v) is 6.50. The van der Waals surface area contributed by atoms with Gasteiger partial charge in [0.25, 0.3) is 0 Å². The van der Waals surface area contributed by atoms with Gasteiger partial charge in [0.1, 0.15) is 8.07 Å². The largest absolute Gasteiger partial charge is 0.243 e. The molecule has 34 heavy (non-hydrogen) atoms. The summed E-state index contributed by atoms with van der Waals surface area (Å²) in [6.45, 7) is 11.6. The minimum Gasteiger partial charge on any atom is -0.218 e. The predicted molar refractivity (Wildman–Crippen MR) is 141 cm³/mol. The van der Waals surface area contributed by atoms with Crippen LogP contribution in [-0.2, 0) is 19.9 Å². The normalized spacial score (nSPS) is 12.0. The van der Waals surface area contributed by atoms with E-state index in [1.807, 2.05) is 6.92 Å². The Labute approximate surface area is 206 Å². The van der Waals surface area contributed by atoms with Gasteiger partial charge in [-0.3, -0.25) is 0 Å². The summed E-state index contributed by atoms with van der Waals surface area (Å²) in [5, 5.41) is 0. The van der Waals surface area contributed by atoms with E-state index in [-0.39, 0.29) is 34.2 Å². The SMILES string of the molecule is CC(C)=C=C(CCN(CC#C[Si](C)(C)C)S(=O)(=O)c1ccc(C)cc1)S(=O)(=O)c1ccccc1. The molecule has 0 atom stereocenters. The average Bonchev–Trinajstić information content (AvgIpc) is 2.74. The van der Waals surface area contributed by atoms with Crippen molar-refractivity contribution in [1.29, 1.82) is 0 Å². The highest BCUT2D eigenvalue weighted by Crippen LogP contribution is 2.24. The third kappa shape index (κ3) is 7.83. The summed E-state index contributed by atoms with van der Waals surface area (Å²) in [6, 6.07) is 14.7. The van der Waals surface area contributed by atoms with E-state index in [4.69, 9.17) is 0 Å². The van der Waals surface area contributed by atoms with Crippen LogP contribution in [0.25, 0.3) is 0 Å². The van der Waals surface area contributed by atoms with Crippen LogP contribution in [0.3, 0.4) is 0 Å². The van der Waals surface area contributed by atoms with Gasteiger partial charge in [-0.05, 0) is 50.6 Å². The maximum absolute atomic E-state index is 13.4. The molecule has 0 saturated heterocycles. The van der Waals surface area contributed by atoms with E-state index in [2.05, 4.69) is 36.8 Å². The molecule has 0 amide bonds. The van der Waals surface area contributed by atoms with Crippen LogP contribution >= 0.6 is 0 Å². The van der Waals surface area contributed by atoms with Crippen molar-refractivity contribution in [3.8, 4) is 11.5 Å². The van der Waals surface area contributed by atoms with E-state index < -0.39 is 27.9 Å². The minimum absolute atomic E-state index is 0.00599. The van der Waals surface area contributed by atoms with Crippen molar-refractivity contribution in [3.63, 3.8) is 0 Å². The van der Waals surface area contributed by atoms with E-state index >= 15 is 0 Å². The molecular weight excluding hydrogens is 483 g/mol. The highest BCUT2D eigenvalue weighted by atomic mass is 32.2. The Bertz CT molecular complexity index is 1330. The van der Waals surface area contributed by atoms with Crippen LogP contribution in [0, 0.1) is 18.4 Å².